The van der Waals surface area contributed by atoms with Gasteiger partial charge in [0.05, 0.1) is 6.54 Å². The predicted octanol–water partition coefficient (Wildman–Crippen LogP) is 1.11. The van der Waals surface area contributed by atoms with Gasteiger partial charge in [0.2, 0.25) is 5.91 Å². The van der Waals surface area contributed by atoms with Crippen LogP contribution < -0.4 is 4.90 Å². The van der Waals surface area contributed by atoms with Crippen LogP contribution in [-0.4, -0.2) is 68.3 Å². The Bertz CT molecular complexity index is 801. The zero-order valence-corrected chi connectivity index (χ0v) is 15.5. The Labute approximate surface area is 151 Å². The van der Waals surface area contributed by atoms with Crippen molar-refractivity contribution in [3.05, 3.63) is 41.9 Å². The number of amides is 1. The van der Waals surface area contributed by atoms with Gasteiger partial charge in [-0.1, -0.05) is 12.1 Å². The number of pyridine rings is 1. The van der Waals surface area contributed by atoms with E-state index in [1.165, 1.54) is 7.05 Å². The summed E-state index contributed by atoms with van der Waals surface area (Å²) in [5, 5.41) is 1.71. The Kier molecular flexibility index (Phi) is 5.36. The maximum atomic E-state index is 12.5. The molecule has 0 atom stereocenters. The quantitative estimate of drug-likeness (QED) is 0.777. The minimum Gasteiger partial charge on any atom is -0.353 e. The molecule has 2 aromatic rings. The minimum absolute atomic E-state index is 0.149. The summed E-state index contributed by atoms with van der Waals surface area (Å²) in [7, 11) is -2.16. The van der Waals surface area contributed by atoms with Gasteiger partial charge in [-0.25, -0.2) is 13.4 Å². The number of piperazine rings is 1. The molecular weight excluding hydrogens is 360 g/mol. The number of nitrogens with zero attached hydrogens (tertiary/aromatic N) is 4. The lowest BCUT2D eigenvalue weighted by atomic mass is 10.3. The van der Waals surface area contributed by atoms with Crippen molar-refractivity contribution in [2.24, 2.45) is 0 Å². The standard InChI is InChI=1S/C16H20N4O3S2/c1-18(25(22,23)16-6-4-12-24-16)13-15(21)20-10-8-19(9-11-20)14-5-2-3-7-17-14/h2-7,12H,8-11,13H2,1H3. The Morgan fingerprint density at radius 3 is 2.56 bits per heavy atom. The van der Waals surface area contributed by atoms with Crippen molar-refractivity contribution >= 4 is 33.1 Å². The molecule has 0 unspecified atom stereocenters. The highest BCUT2D eigenvalue weighted by atomic mass is 32.2. The topological polar surface area (TPSA) is 73.8 Å². The first-order chi connectivity index (χ1) is 12.0. The van der Waals surface area contributed by atoms with Crippen LogP contribution >= 0.6 is 11.3 Å². The first-order valence-corrected chi connectivity index (χ1v) is 10.2. The summed E-state index contributed by atoms with van der Waals surface area (Å²) in [6, 6.07) is 8.98. The summed E-state index contributed by atoms with van der Waals surface area (Å²) in [6.07, 6.45) is 1.75. The largest absolute Gasteiger partial charge is 0.353 e. The van der Waals surface area contributed by atoms with E-state index in [1.54, 1.807) is 28.6 Å². The van der Waals surface area contributed by atoms with E-state index in [9.17, 15) is 13.2 Å². The van der Waals surface area contributed by atoms with Gasteiger partial charge in [0.15, 0.2) is 0 Å². The summed E-state index contributed by atoms with van der Waals surface area (Å²) >= 11 is 1.15. The van der Waals surface area contributed by atoms with E-state index < -0.39 is 10.0 Å². The van der Waals surface area contributed by atoms with Crippen LogP contribution in [0, 0.1) is 0 Å². The van der Waals surface area contributed by atoms with E-state index in [4.69, 9.17) is 0 Å². The summed E-state index contributed by atoms with van der Waals surface area (Å²) in [4.78, 5) is 20.6. The molecule has 1 saturated heterocycles. The van der Waals surface area contributed by atoms with Crippen molar-refractivity contribution in [2.45, 2.75) is 4.21 Å². The van der Waals surface area contributed by atoms with Crippen LogP contribution in [0.15, 0.2) is 46.1 Å². The Hall–Kier alpha value is -1.97. The molecule has 0 N–H and O–H groups in total. The molecule has 1 aliphatic rings. The summed E-state index contributed by atoms with van der Waals surface area (Å²) in [6.45, 7) is 2.34. The van der Waals surface area contributed by atoms with Crippen LogP contribution in [-0.2, 0) is 14.8 Å². The molecule has 1 aliphatic heterocycles. The third-order valence-corrected chi connectivity index (χ3v) is 7.30. The molecule has 2 aromatic heterocycles. The number of rotatable bonds is 5. The van der Waals surface area contributed by atoms with Crippen LogP contribution in [0.3, 0.4) is 0 Å². The van der Waals surface area contributed by atoms with E-state index >= 15 is 0 Å². The lowest BCUT2D eigenvalue weighted by molar-refractivity contribution is -0.131. The highest BCUT2D eigenvalue weighted by molar-refractivity contribution is 7.91. The van der Waals surface area contributed by atoms with Gasteiger partial charge in [-0.15, -0.1) is 11.3 Å². The molecule has 1 fully saturated rings. The van der Waals surface area contributed by atoms with Crippen LogP contribution in [0.1, 0.15) is 0 Å². The number of carbonyl (C=O) groups excluding carboxylic acids is 1. The average Bonchev–Trinajstić information content (AvgIpc) is 3.18. The molecule has 0 bridgehead atoms. The normalized spacial score (nSPS) is 15.6. The molecule has 3 heterocycles. The molecule has 0 aliphatic carbocycles. The van der Waals surface area contributed by atoms with Crippen molar-refractivity contribution in [1.29, 1.82) is 0 Å². The van der Waals surface area contributed by atoms with Crippen LogP contribution in [0.2, 0.25) is 0 Å². The first kappa shape index (κ1) is 17.8. The van der Waals surface area contributed by atoms with E-state index in [0.717, 1.165) is 21.5 Å². The number of hydrogen-bond donors (Lipinski definition) is 0. The highest BCUT2D eigenvalue weighted by Crippen LogP contribution is 2.20. The smallest absolute Gasteiger partial charge is 0.252 e. The van der Waals surface area contributed by atoms with E-state index in [1.807, 2.05) is 18.2 Å². The van der Waals surface area contributed by atoms with Crippen molar-refractivity contribution < 1.29 is 13.2 Å². The monoisotopic (exact) mass is 380 g/mol. The molecule has 7 nitrogen and oxygen atoms in total. The zero-order valence-electron chi connectivity index (χ0n) is 13.9. The number of sulfonamides is 1. The highest BCUT2D eigenvalue weighted by Gasteiger charge is 2.27. The fourth-order valence-electron chi connectivity index (χ4n) is 2.67. The van der Waals surface area contributed by atoms with Gasteiger partial charge in [0.25, 0.3) is 10.0 Å². The maximum Gasteiger partial charge on any atom is 0.252 e. The molecule has 25 heavy (non-hydrogen) atoms. The van der Waals surface area contributed by atoms with Crippen LogP contribution in [0.5, 0.6) is 0 Å². The second-order valence-corrected chi connectivity index (χ2v) is 8.97. The third-order valence-electron chi connectivity index (χ3n) is 4.12. The summed E-state index contributed by atoms with van der Waals surface area (Å²) < 4.78 is 26.2. The van der Waals surface area contributed by atoms with Gasteiger partial charge in [0, 0.05) is 39.4 Å². The molecule has 0 saturated carbocycles. The second-order valence-electron chi connectivity index (χ2n) is 5.75. The van der Waals surface area contributed by atoms with Gasteiger partial charge in [-0.3, -0.25) is 4.79 Å². The maximum absolute atomic E-state index is 12.5. The SMILES string of the molecule is CN(CC(=O)N1CCN(c2ccccn2)CC1)S(=O)(=O)c1cccs1. The molecular formula is C16H20N4O3S2. The fourth-order valence-corrected chi connectivity index (χ4v) is 4.99. The van der Waals surface area contributed by atoms with E-state index in [-0.39, 0.29) is 16.7 Å². The molecule has 3 rings (SSSR count). The molecule has 134 valence electrons. The fraction of sp³-hybridized carbons (Fsp3) is 0.375. The lowest BCUT2D eigenvalue weighted by Crippen LogP contribution is -2.51. The molecule has 0 radical (unpaired) electrons. The summed E-state index contributed by atoms with van der Waals surface area (Å²) in [5.41, 5.74) is 0. The van der Waals surface area contributed by atoms with Crippen molar-refractivity contribution in [1.82, 2.24) is 14.2 Å². The Morgan fingerprint density at radius 1 is 1.20 bits per heavy atom. The van der Waals surface area contributed by atoms with Gasteiger partial charge in [-0.05, 0) is 23.6 Å². The van der Waals surface area contributed by atoms with E-state index in [0.29, 0.717) is 26.2 Å². The Balaban J connectivity index is 1.56. The van der Waals surface area contributed by atoms with Crippen molar-refractivity contribution in [3.8, 4) is 0 Å². The van der Waals surface area contributed by atoms with Gasteiger partial charge < -0.3 is 9.80 Å². The number of thiophene rings is 1. The van der Waals surface area contributed by atoms with Crippen molar-refractivity contribution in [3.63, 3.8) is 0 Å². The number of carbonyl (C=O) groups is 1. The number of anilines is 1. The first-order valence-electron chi connectivity index (χ1n) is 7.92. The third kappa shape index (κ3) is 4.00. The lowest BCUT2D eigenvalue weighted by Gasteiger charge is -2.36. The second kappa shape index (κ2) is 7.51. The molecule has 1 amide bonds. The predicted molar refractivity (Wildman–Crippen MR) is 97.2 cm³/mol. The molecule has 0 spiro atoms. The van der Waals surface area contributed by atoms with Crippen LogP contribution in [0.25, 0.3) is 0 Å². The van der Waals surface area contributed by atoms with Gasteiger partial charge in [0.1, 0.15) is 10.0 Å². The summed E-state index contributed by atoms with van der Waals surface area (Å²) in [5.74, 6) is 0.718. The van der Waals surface area contributed by atoms with Crippen molar-refractivity contribution in [2.75, 3.05) is 44.7 Å². The number of likely N-dealkylation sites (N-methyl/N-ethyl adjacent to an activating group) is 1. The molecule has 9 heteroatoms. The van der Waals surface area contributed by atoms with Gasteiger partial charge in [-0.2, -0.15) is 4.31 Å². The minimum atomic E-state index is -3.60. The zero-order chi connectivity index (χ0) is 17.9. The van der Waals surface area contributed by atoms with Gasteiger partial charge >= 0.3 is 0 Å². The van der Waals surface area contributed by atoms with Crippen LogP contribution in [0.4, 0.5) is 5.82 Å². The Morgan fingerprint density at radius 2 is 1.96 bits per heavy atom. The number of hydrogen-bond acceptors (Lipinski definition) is 6. The van der Waals surface area contributed by atoms with E-state index in [2.05, 4.69) is 9.88 Å². The number of aromatic nitrogens is 1. The molecule has 0 aromatic carbocycles. The average molecular weight is 380 g/mol.